The number of benzene rings is 10. The highest BCUT2D eigenvalue weighted by atomic mass is 15.2. The van der Waals surface area contributed by atoms with Crippen LogP contribution in [0.15, 0.2) is 222 Å². The molecule has 0 saturated carbocycles. The van der Waals surface area contributed by atoms with Crippen LogP contribution in [-0.4, -0.2) is 11.7 Å². The number of nitrogens with one attached hydrogen (secondary N) is 1. The highest BCUT2D eigenvalue weighted by Gasteiger charge is 2.22. The predicted molar refractivity (Wildman–Crippen MR) is 245 cm³/mol. The summed E-state index contributed by atoms with van der Waals surface area (Å²) in [5.74, 6) is 1.51. The minimum absolute atomic E-state index is 0.291. The van der Waals surface area contributed by atoms with Crippen molar-refractivity contribution in [3.05, 3.63) is 229 Å². The van der Waals surface area contributed by atoms with E-state index in [4.69, 9.17) is 9.98 Å². The molecule has 0 amide bonds. The van der Waals surface area contributed by atoms with Crippen LogP contribution >= 0.6 is 0 Å². The van der Waals surface area contributed by atoms with Crippen LogP contribution in [0.3, 0.4) is 0 Å². The summed E-state index contributed by atoms with van der Waals surface area (Å²) in [6, 6.07) is 76.1. The Balaban J connectivity index is 1.01. The van der Waals surface area contributed by atoms with E-state index >= 15 is 0 Å². The van der Waals surface area contributed by atoms with Crippen molar-refractivity contribution in [3.8, 4) is 33.4 Å². The molecule has 1 aliphatic rings. The van der Waals surface area contributed by atoms with Gasteiger partial charge in [-0.1, -0.05) is 206 Å². The second-order valence-electron chi connectivity index (χ2n) is 15.0. The molecule has 0 fully saturated rings. The summed E-state index contributed by atoms with van der Waals surface area (Å²) < 4.78 is 0. The minimum atomic E-state index is -0.291. The summed E-state index contributed by atoms with van der Waals surface area (Å²) in [6.45, 7) is 0. The highest BCUT2D eigenvalue weighted by Crippen LogP contribution is 2.42. The molecule has 58 heavy (non-hydrogen) atoms. The first-order valence-electron chi connectivity index (χ1n) is 19.9. The van der Waals surface area contributed by atoms with E-state index in [1.54, 1.807) is 0 Å². The van der Waals surface area contributed by atoms with E-state index in [0.717, 1.165) is 28.1 Å². The lowest BCUT2D eigenvalue weighted by molar-refractivity contribution is 0.674. The average Bonchev–Trinajstić information content (AvgIpc) is 3.31. The van der Waals surface area contributed by atoms with Gasteiger partial charge in [-0.25, -0.2) is 9.98 Å². The van der Waals surface area contributed by atoms with Crippen molar-refractivity contribution in [2.24, 2.45) is 9.98 Å². The van der Waals surface area contributed by atoms with Gasteiger partial charge in [0, 0.05) is 11.1 Å². The summed E-state index contributed by atoms with van der Waals surface area (Å²) in [7, 11) is 0. The molecular formula is C55H37N3. The fourth-order valence-electron chi connectivity index (χ4n) is 8.67. The zero-order valence-electron chi connectivity index (χ0n) is 31.7. The maximum absolute atomic E-state index is 5.20. The third-order valence-corrected chi connectivity index (χ3v) is 11.5. The van der Waals surface area contributed by atoms with Crippen molar-refractivity contribution in [2.45, 2.75) is 6.17 Å². The van der Waals surface area contributed by atoms with Crippen molar-refractivity contribution in [2.75, 3.05) is 0 Å². The SMILES string of the molecule is c1ccc(C2=NC(c3ccc(-c4ccc5ccccc5c4-c4ccc5c6ccccc6c6ccccc6c5c4)cc3)=NC(c3ccc(-c4ccccc4)cc3)N2)cc1. The summed E-state index contributed by atoms with van der Waals surface area (Å²) in [5, 5.41) is 13.7. The largest absolute Gasteiger partial charge is 0.344 e. The smallest absolute Gasteiger partial charge is 0.159 e. The topological polar surface area (TPSA) is 36.8 Å². The molecule has 3 heteroatoms. The molecule has 1 N–H and O–H groups in total. The van der Waals surface area contributed by atoms with Gasteiger partial charge in [-0.3, -0.25) is 0 Å². The van der Waals surface area contributed by atoms with Gasteiger partial charge in [-0.05, 0) is 88.1 Å². The lowest BCUT2D eigenvalue weighted by Gasteiger charge is -2.24. The Morgan fingerprint density at radius 1 is 0.345 bits per heavy atom. The minimum Gasteiger partial charge on any atom is -0.344 e. The zero-order chi connectivity index (χ0) is 38.4. The van der Waals surface area contributed by atoms with Crippen LogP contribution < -0.4 is 5.32 Å². The van der Waals surface area contributed by atoms with Crippen LogP contribution in [0.2, 0.25) is 0 Å². The van der Waals surface area contributed by atoms with E-state index in [9.17, 15) is 0 Å². The Morgan fingerprint density at radius 3 is 1.52 bits per heavy atom. The molecule has 0 bridgehead atoms. The number of amidine groups is 2. The van der Waals surface area contributed by atoms with Gasteiger partial charge in [-0.15, -0.1) is 0 Å². The Kier molecular flexibility index (Phi) is 8.22. The summed E-state index contributed by atoms with van der Waals surface area (Å²) in [5.41, 5.74) is 10.2. The second kappa shape index (κ2) is 14.1. The number of hydrogen-bond acceptors (Lipinski definition) is 3. The molecule has 1 atom stereocenters. The Morgan fingerprint density at radius 2 is 0.845 bits per heavy atom. The summed E-state index contributed by atoms with van der Waals surface area (Å²) in [4.78, 5) is 10.3. The normalized spacial score (nSPS) is 14.0. The van der Waals surface area contributed by atoms with Crippen LogP contribution in [0.5, 0.6) is 0 Å². The van der Waals surface area contributed by atoms with Crippen LogP contribution in [0.25, 0.3) is 76.5 Å². The van der Waals surface area contributed by atoms with Gasteiger partial charge in [0.2, 0.25) is 0 Å². The number of hydrogen-bond donors (Lipinski definition) is 1. The van der Waals surface area contributed by atoms with Gasteiger partial charge in [0.1, 0.15) is 12.0 Å². The third kappa shape index (κ3) is 5.93. The molecule has 0 aromatic heterocycles. The third-order valence-electron chi connectivity index (χ3n) is 11.5. The molecule has 11 rings (SSSR count). The molecule has 10 aromatic carbocycles. The first-order chi connectivity index (χ1) is 28.7. The quantitative estimate of drug-likeness (QED) is 0.169. The fourth-order valence-corrected chi connectivity index (χ4v) is 8.67. The second-order valence-corrected chi connectivity index (χ2v) is 15.0. The molecule has 3 nitrogen and oxygen atoms in total. The van der Waals surface area contributed by atoms with Crippen molar-refractivity contribution < 1.29 is 0 Å². The molecule has 10 aromatic rings. The van der Waals surface area contributed by atoms with E-state index < -0.39 is 0 Å². The highest BCUT2D eigenvalue weighted by molar-refractivity contribution is 6.26. The molecule has 1 unspecified atom stereocenters. The van der Waals surface area contributed by atoms with Crippen molar-refractivity contribution >= 4 is 54.8 Å². The standard InChI is InChI=1S/C55H37N3/c1-3-13-36(14-4-1)37-23-27-41(28-24-37)54-56-53(40-16-5-2-6-17-40)57-55(58-54)42-29-25-39(26-30-42)45-33-31-38-15-7-8-18-44(38)52(45)43-32-34-50-48-21-10-9-19-46(48)47-20-11-12-22-49(47)51(50)35-43/h1-35,54H,(H,56,57,58). The molecular weight excluding hydrogens is 703 g/mol. The van der Waals surface area contributed by atoms with Crippen molar-refractivity contribution in [3.63, 3.8) is 0 Å². The molecule has 272 valence electrons. The number of aliphatic imine (C=N–C) groups is 2. The molecule has 0 saturated heterocycles. The maximum Gasteiger partial charge on any atom is 0.159 e. The van der Waals surface area contributed by atoms with Crippen LogP contribution in [0, 0.1) is 0 Å². The van der Waals surface area contributed by atoms with E-state index in [0.29, 0.717) is 5.84 Å². The molecule has 0 radical (unpaired) electrons. The Bertz CT molecular complexity index is 3180. The van der Waals surface area contributed by atoms with Gasteiger partial charge in [0.05, 0.1) is 0 Å². The first kappa shape index (κ1) is 33.7. The van der Waals surface area contributed by atoms with Crippen molar-refractivity contribution in [1.82, 2.24) is 5.32 Å². The Labute approximate surface area is 337 Å². The van der Waals surface area contributed by atoms with E-state index in [1.807, 2.05) is 24.3 Å². The van der Waals surface area contributed by atoms with Crippen LogP contribution in [-0.2, 0) is 0 Å². The fraction of sp³-hybridized carbons (Fsp3) is 0.0182. The van der Waals surface area contributed by atoms with Gasteiger partial charge in [0.25, 0.3) is 0 Å². The zero-order valence-corrected chi connectivity index (χ0v) is 31.7. The van der Waals surface area contributed by atoms with Crippen molar-refractivity contribution in [1.29, 1.82) is 0 Å². The van der Waals surface area contributed by atoms with Gasteiger partial charge in [-0.2, -0.15) is 0 Å². The van der Waals surface area contributed by atoms with Gasteiger partial charge in [0.15, 0.2) is 5.84 Å². The van der Waals surface area contributed by atoms with Gasteiger partial charge < -0.3 is 5.32 Å². The lowest BCUT2D eigenvalue weighted by atomic mass is 9.87. The summed E-state index contributed by atoms with van der Waals surface area (Å²) in [6.07, 6.45) is -0.291. The summed E-state index contributed by atoms with van der Waals surface area (Å²) >= 11 is 0. The van der Waals surface area contributed by atoms with Crippen LogP contribution in [0.1, 0.15) is 22.9 Å². The molecule has 1 heterocycles. The lowest BCUT2D eigenvalue weighted by Crippen LogP contribution is -2.33. The number of fused-ring (bicyclic) bond motifs is 7. The predicted octanol–water partition coefficient (Wildman–Crippen LogP) is 13.8. The van der Waals surface area contributed by atoms with Gasteiger partial charge >= 0.3 is 0 Å². The monoisotopic (exact) mass is 739 g/mol. The number of rotatable bonds is 6. The molecule has 0 spiro atoms. The van der Waals surface area contributed by atoms with Crippen LogP contribution in [0.4, 0.5) is 0 Å². The van der Waals surface area contributed by atoms with E-state index in [-0.39, 0.29) is 6.17 Å². The maximum atomic E-state index is 5.20. The molecule has 0 aliphatic carbocycles. The average molecular weight is 740 g/mol. The van der Waals surface area contributed by atoms with E-state index in [2.05, 4.69) is 193 Å². The molecule has 1 aliphatic heterocycles. The first-order valence-corrected chi connectivity index (χ1v) is 19.9. The number of nitrogens with zero attached hydrogens (tertiary/aromatic N) is 2. The van der Waals surface area contributed by atoms with E-state index in [1.165, 1.54) is 70.9 Å². The Hall–Kier alpha value is -7.62.